The quantitative estimate of drug-likeness (QED) is 0.518. The van der Waals surface area contributed by atoms with E-state index < -0.39 is 5.97 Å². The molecule has 0 aromatic heterocycles. The maximum absolute atomic E-state index is 11.1. The van der Waals surface area contributed by atoms with Crippen molar-refractivity contribution in [2.24, 2.45) is 0 Å². The summed E-state index contributed by atoms with van der Waals surface area (Å²) in [5.74, 6) is 0.460. The van der Waals surface area contributed by atoms with Crippen LogP contribution in [-0.2, 0) is 10.8 Å². The summed E-state index contributed by atoms with van der Waals surface area (Å²) in [6.07, 6.45) is 2.32. The van der Waals surface area contributed by atoms with Crippen molar-refractivity contribution in [3.63, 3.8) is 0 Å². The SMILES string of the molecule is CC1(C)CCC(C)(C)c2cc([Se]c3ccc(C(=O)O)cc3)c(OCCCl)cc21. The van der Waals surface area contributed by atoms with E-state index >= 15 is 0 Å². The first-order valence-corrected chi connectivity index (χ1v) is 11.8. The van der Waals surface area contributed by atoms with E-state index in [9.17, 15) is 4.79 Å². The number of aromatic carboxylic acids is 1. The predicted molar refractivity (Wildman–Crippen MR) is 116 cm³/mol. The summed E-state index contributed by atoms with van der Waals surface area (Å²) in [6, 6.07) is 11.7. The number of rotatable bonds is 6. The molecule has 0 saturated heterocycles. The van der Waals surface area contributed by atoms with Gasteiger partial charge in [-0.2, -0.15) is 0 Å². The second kappa shape index (κ2) is 8.10. The minimum atomic E-state index is -0.900. The molecule has 0 aliphatic heterocycles. The third kappa shape index (κ3) is 4.40. The van der Waals surface area contributed by atoms with Crippen molar-refractivity contribution in [2.45, 2.75) is 51.4 Å². The molecule has 0 fully saturated rings. The number of carboxylic acids is 1. The third-order valence-corrected chi connectivity index (χ3v) is 7.93. The molecule has 0 spiro atoms. The summed E-state index contributed by atoms with van der Waals surface area (Å²) in [6.45, 7) is 9.73. The fraction of sp³-hybridized carbons (Fsp3) is 0.435. The van der Waals surface area contributed by atoms with Gasteiger partial charge in [0.15, 0.2) is 0 Å². The molecular formula is C23H27ClO3Se. The van der Waals surface area contributed by atoms with Crippen LogP contribution in [0.1, 0.15) is 62.0 Å². The standard InChI is InChI=1S/C23H27ClO3Se/c1-22(2)9-10-23(3,4)18-14-20(19(13-17(18)22)27-12-11-24)28-16-7-5-15(6-8-16)21(25)26/h5-8,13-14H,9-12H2,1-4H3,(H,25,26). The molecule has 1 N–H and O–H groups in total. The number of halogens is 1. The number of alkyl halides is 1. The van der Waals surface area contributed by atoms with Crippen LogP contribution in [0.25, 0.3) is 0 Å². The summed E-state index contributed by atoms with van der Waals surface area (Å²) >= 11 is 5.90. The Bertz CT molecular complexity index is 872. The normalized spacial score (nSPS) is 17.0. The number of fused-ring (bicyclic) bond motifs is 1. The Balaban J connectivity index is 2.04. The second-order valence-corrected chi connectivity index (χ2v) is 11.3. The Labute approximate surface area is 178 Å². The second-order valence-electron chi connectivity index (χ2n) is 8.58. The van der Waals surface area contributed by atoms with Crippen molar-refractivity contribution in [3.05, 3.63) is 53.1 Å². The first kappa shape index (κ1) is 21.2. The first-order valence-electron chi connectivity index (χ1n) is 9.53. The van der Waals surface area contributed by atoms with Crippen LogP contribution in [0.3, 0.4) is 0 Å². The monoisotopic (exact) mass is 466 g/mol. The van der Waals surface area contributed by atoms with E-state index in [0.29, 0.717) is 18.1 Å². The Morgan fingerprint density at radius 3 is 2.18 bits per heavy atom. The maximum atomic E-state index is 11.1. The Morgan fingerprint density at radius 2 is 1.64 bits per heavy atom. The summed E-state index contributed by atoms with van der Waals surface area (Å²) in [5, 5.41) is 9.12. The van der Waals surface area contributed by atoms with Crippen molar-refractivity contribution >= 4 is 41.5 Å². The van der Waals surface area contributed by atoms with Gasteiger partial charge in [-0.25, -0.2) is 0 Å². The number of hydrogen-bond donors (Lipinski definition) is 1. The van der Waals surface area contributed by atoms with E-state index in [4.69, 9.17) is 21.4 Å². The van der Waals surface area contributed by atoms with Crippen molar-refractivity contribution in [1.82, 2.24) is 0 Å². The number of ether oxygens (including phenoxy) is 1. The van der Waals surface area contributed by atoms with Crippen LogP contribution in [0.2, 0.25) is 0 Å². The molecule has 3 rings (SSSR count). The van der Waals surface area contributed by atoms with Crippen molar-refractivity contribution in [1.29, 1.82) is 0 Å². The van der Waals surface area contributed by atoms with Crippen molar-refractivity contribution in [2.75, 3.05) is 12.5 Å². The molecule has 2 aromatic carbocycles. The molecule has 0 heterocycles. The zero-order chi connectivity index (χ0) is 20.5. The van der Waals surface area contributed by atoms with E-state index in [0.717, 1.165) is 23.1 Å². The molecule has 0 amide bonds. The molecule has 28 heavy (non-hydrogen) atoms. The van der Waals surface area contributed by atoms with E-state index in [-0.39, 0.29) is 25.8 Å². The Morgan fingerprint density at radius 1 is 1.07 bits per heavy atom. The molecule has 5 heteroatoms. The van der Waals surface area contributed by atoms with Crippen LogP contribution < -0.4 is 13.7 Å². The predicted octanol–water partition coefficient (Wildman–Crippen LogP) is 4.01. The van der Waals surface area contributed by atoms with Gasteiger partial charge in [-0.05, 0) is 0 Å². The van der Waals surface area contributed by atoms with E-state index in [1.165, 1.54) is 15.6 Å². The fourth-order valence-corrected chi connectivity index (χ4v) is 5.72. The Hall–Kier alpha value is -1.48. The van der Waals surface area contributed by atoms with Crippen LogP contribution in [0.4, 0.5) is 0 Å². The van der Waals surface area contributed by atoms with Gasteiger partial charge < -0.3 is 0 Å². The molecular weight excluding hydrogens is 439 g/mol. The molecule has 2 aromatic rings. The van der Waals surface area contributed by atoms with E-state index in [1.807, 2.05) is 12.1 Å². The summed E-state index contributed by atoms with van der Waals surface area (Å²) in [5.41, 5.74) is 3.34. The zero-order valence-electron chi connectivity index (χ0n) is 16.8. The van der Waals surface area contributed by atoms with Gasteiger partial charge in [0.1, 0.15) is 0 Å². The van der Waals surface area contributed by atoms with Gasteiger partial charge in [-0.1, -0.05) is 0 Å². The average Bonchev–Trinajstić information content (AvgIpc) is 2.64. The van der Waals surface area contributed by atoms with Gasteiger partial charge in [0.25, 0.3) is 0 Å². The fourth-order valence-electron chi connectivity index (χ4n) is 3.71. The van der Waals surface area contributed by atoms with Gasteiger partial charge in [0.2, 0.25) is 0 Å². The van der Waals surface area contributed by atoms with Gasteiger partial charge in [-0.3, -0.25) is 0 Å². The van der Waals surface area contributed by atoms with Crippen LogP contribution in [0, 0.1) is 0 Å². The molecule has 0 bridgehead atoms. The third-order valence-electron chi connectivity index (χ3n) is 5.58. The molecule has 0 atom stereocenters. The number of carboxylic acid groups (broad SMARTS) is 1. The number of hydrogen-bond acceptors (Lipinski definition) is 2. The van der Waals surface area contributed by atoms with Crippen LogP contribution in [-0.4, -0.2) is 38.5 Å². The summed E-state index contributed by atoms with van der Waals surface area (Å²) in [7, 11) is 0. The van der Waals surface area contributed by atoms with Gasteiger partial charge in [0.05, 0.1) is 0 Å². The molecule has 1 aliphatic carbocycles. The average molecular weight is 466 g/mol. The molecule has 3 nitrogen and oxygen atoms in total. The van der Waals surface area contributed by atoms with Crippen LogP contribution in [0.15, 0.2) is 36.4 Å². The van der Waals surface area contributed by atoms with Crippen LogP contribution in [0.5, 0.6) is 5.75 Å². The molecule has 0 radical (unpaired) electrons. The van der Waals surface area contributed by atoms with Crippen LogP contribution >= 0.6 is 11.6 Å². The minimum absolute atomic E-state index is 0.0192. The number of carbonyl (C=O) groups is 1. The number of benzene rings is 2. The summed E-state index contributed by atoms with van der Waals surface area (Å²) in [4.78, 5) is 11.1. The van der Waals surface area contributed by atoms with Crippen molar-refractivity contribution < 1.29 is 14.6 Å². The van der Waals surface area contributed by atoms with E-state index in [2.05, 4.69) is 39.8 Å². The van der Waals surface area contributed by atoms with Gasteiger partial charge >= 0.3 is 179 Å². The molecule has 150 valence electrons. The first-order chi connectivity index (χ1) is 13.1. The summed E-state index contributed by atoms with van der Waals surface area (Å²) < 4.78 is 8.35. The molecule has 0 saturated carbocycles. The molecule has 1 aliphatic rings. The Kier molecular flexibility index (Phi) is 6.14. The molecule has 0 unspecified atom stereocenters. The van der Waals surface area contributed by atoms with Gasteiger partial charge in [0, 0.05) is 0 Å². The van der Waals surface area contributed by atoms with Gasteiger partial charge in [-0.15, -0.1) is 0 Å². The zero-order valence-corrected chi connectivity index (χ0v) is 19.3. The van der Waals surface area contributed by atoms with E-state index in [1.54, 1.807) is 12.1 Å². The van der Waals surface area contributed by atoms with Crippen molar-refractivity contribution in [3.8, 4) is 5.75 Å². The topological polar surface area (TPSA) is 46.5 Å².